The highest BCUT2D eigenvalue weighted by atomic mass is 16.6. The van der Waals surface area contributed by atoms with Crippen molar-refractivity contribution in [3.05, 3.63) is 69.5 Å². The summed E-state index contributed by atoms with van der Waals surface area (Å²) in [5.41, 5.74) is 2.61. The normalized spacial score (nSPS) is 13.7. The maximum Gasteiger partial charge on any atom is 0.338 e. The number of carbonyl (C=O) groups excluding carboxylic acids is 2. The number of hydrogen-bond donors (Lipinski definition) is 0. The van der Waals surface area contributed by atoms with Crippen LogP contribution in [-0.4, -0.2) is 40.9 Å². The monoisotopic (exact) mass is 425 g/mol. The number of esters is 1. The van der Waals surface area contributed by atoms with E-state index in [9.17, 15) is 19.7 Å². The van der Waals surface area contributed by atoms with Crippen molar-refractivity contribution >= 4 is 23.1 Å². The van der Waals surface area contributed by atoms with Crippen LogP contribution in [0.15, 0.2) is 36.9 Å². The number of benzene rings is 1. The molecule has 1 saturated heterocycles. The molecule has 1 aromatic carbocycles. The summed E-state index contributed by atoms with van der Waals surface area (Å²) in [4.78, 5) is 38.1. The average molecular weight is 425 g/mol. The maximum absolute atomic E-state index is 12.6. The molecule has 0 N–H and O–H groups in total. The van der Waals surface area contributed by atoms with Gasteiger partial charge in [-0.3, -0.25) is 14.9 Å². The quantitative estimate of drug-likeness (QED) is 0.207. The van der Waals surface area contributed by atoms with Crippen molar-refractivity contribution in [3.63, 3.8) is 0 Å². The number of anilines is 1. The number of carbonyl (C=O) groups is 2. The standard InChI is InChI=1S/C23H27N3O5/c1-4-10-25-16(2)13-19(17(25)3)22(27)15-31-23(28)18-8-9-20(21(14-18)26(29)30)24-11-6-5-7-12-24/h4,8-9,13-14H,1,5-7,10-12,15H2,2-3H3. The second-order valence-electron chi connectivity index (χ2n) is 7.69. The molecule has 0 amide bonds. The largest absolute Gasteiger partial charge is 0.454 e. The smallest absolute Gasteiger partial charge is 0.338 e. The van der Waals surface area contributed by atoms with E-state index in [-0.39, 0.29) is 17.0 Å². The van der Waals surface area contributed by atoms with Crippen molar-refractivity contribution in [1.82, 2.24) is 4.57 Å². The first-order valence-corrected chi connectivity index (χ1v) is 10.3. The summed E-state index contributed by atoms with van der Waals surface area (Å²) in [5.74, 6) is -1.09. The minimum absolute atomic E-state index is 0.0531. The molecule has 0 bridgehead atoms. The molecule has 0 atom stereocenters. The van der Waals surface area contributed by atoms with Crippen molar-refractivity contribution in [1.29, 1.82) is 0 Å². The van der Waals surface area contributed by atoms with E-state index in [1.54, 1.807) is 18.2 Å². The molecule has 0 aliphatic carbocycles. The van der Waals surface area contributed by atoms with E-state index in [1.165, 1.54) is 12.1 Å². The van der Waals surface area contributed by atoms with Crippen LogP contribution in [0.3, 0.4) is 0 Å². The number of Topliss-reactive ketones (excluding diaryl/α,β-unsaturated/α-hetero) is 1. The van der Waals surface area contributed by atoms with E-state index < -0.39 is 17.5 Å². The number of nitrogens with zero attached hydrogens (tertiary/aromatic N) is 3. The summed E-state index contributed by atoms with van der Waals surface area (Å²) >= 11 is 0. The number of ether oxygens (including phenoxy) is 1. The summed E-state index contributed by atoms with van der Waals surface area (Å²) in [6.45, 7) is 9.09. The Labute approximate surface area is 181 Å². The van der Waals surface area contributed by atoms with Crippen LogP contribution in [0.5, 0.6) is 0 Å². The SMILES string of the molecule is C=CCn1c(C)cc(C(=O)COC(=O)c2ccc(N3CCCCC3)c([N+](=O)[O-])c2)c1C. The van der Waals surface area contributed by atoms with Gasteiger partial charge in [-0.25, -0.2) is 4.79 Å². The average Bonchev–Trinajstić information content (AvgIpc) is 3.06. The van der Waals surface area contributed by atoms with Gasteiger partial charge in [0.1, 0.15) is 5.69 Å². The second-order valence-corrected chi connectivity index (χ2v) is 7.69. The fourth-order valence-corrected chi connectivity index (χ4v) is 3.98. The van der Waals surface area contributed by atoms with Crippen LogP contribution in [0.2, 0.25) is 0 Å². The number of aromatic nitrogens is 1. The molecule has 0 unspecified atom stereocenters. The molecule has 0 radical (unpaired) electrons. The van der Waals surface area contributed by atoms with Gasteiger partial charge in [-0.2, -0.15) is 0 Å². The number of ketones is 1. The highest BCUT2D eigenvalue weighted by Gasteiger charge is 2.24. The summed E-state index contributed by atoms with van der Waals surface area (Å²) in [5, 5.41) is 11.6. The van der Waals surface area contributed by atoms with Crippen molar-refractivity contribution in [2.45, 2.75) is 39.7 Å². The van der Waals surface area contributed by atoms with Gasteiger partial charge < -0.3 is 14.2 Å². The van der Waals surface area contributed by atoms with Crippen LogP contribution < -0.4 is 4.90 Å². The van der Waals surface area contributed by atoms with Gasteiger partial charge in [-0.15, -0.1) is 6.58 Å². The molecule has 1 fully saturated rings. The van der Waals surface area contributed by atoms with Crippen LogP contribution in [0, 0.1) is 24.0 Å². The zero-order valence-electron chi connectivity index (χ0n) is 17.9. The minimum atomic E-state index is -0.762. The van der Waals surface area contributed by atoms with Gasteiger partial charge in [0.05, 0.1) is 10.5 Å². The Balaban J connectivity index is 1.72. The highest BCUT2D eigenvalue weighted by molar-refractivity contribution is 6.00. The number of hydrogen-bond acceptors (Lipinski definition) is 6. The molecule has 31 heavy (non-hydrogen) atoms. The molecule has 164 valence electrons. The Morgan fingerprint density at radius 2 is 1.90 bits per heavy atom. The van der Waals surface area contributed by atoms with Gasteiger partial charge >= 0.3 is 5.97 Å². The van der Waals surface area contributed by atoms with E-state index >= 15 is 0 Å². The molecule has 1 aromatic heterocycles. The zero-order valence-corrected chi connectivity index (χ0v) is 17.9. The van der Waals surface area contributed by atoms with Gasteiger partial charge in [0.25, 0.3) is 5.69 Å². The first-order valence-electron chi connectivity index (χ1n) is 10.3. The minimum Gasteiger partial charge on any atom is -0.454 e. The van der Waals surface area contributed by atoms with Crippen molar-refractivity contribution < 1.29 is 19.2 Å². The molecular formula is C23H27N3O5. The van der Waals surface area contributed by atoms with Gasteiger partial charge in [0.15, 0.2) is 6.61 Å². The fourth-order valence-electron chi connectivity index (χ4n) is 3.98. The summed E-state index contributed by atoms with van der Waals surface area (Å²) in [6.07, 6.45) is 4.82. The molecule has 8 heteroatoms. The first kappa shape index (κ1) is 22.3. The van der Waals surface area contributed by atoms with Gasteiger partial charge in [0.2, 0.25) is 5.78 Å². The molecule has 1 aliphatic heterocycles. The maximum atomic E-state index is 12.6. The third kappa shape index (κ3) is 4.84. The number of aryl methyl sites for hydroxylation is 1. The predicted octanol–water partition coefficient (Wildman–Crippen LogP) is 4.23. The Bertz CT molecular complexity index is 1020. The van der Waals surface area contributed by atoms with Crippen LogP contribution in [-0.2, 0) is 11.3 Å². The lowest BCUT2D eigenvalue weighted by Gasteiger charge is -2.28. The van der Waals surface area contributed by atoms with Crippen molar-refractivity contribution in [3.8, 4) is 0 Å². The predicted molar refractivity (Wildman–Crippen MR) is 118 cm³/mol. The van der Waals surface area contributed by atoms with Crippen molar-refractivity contribution in [2.24, 2.45) is 0 Å². The van der Waals surface area contributed by atoms with Gasteiger partial charge in [0, 0.05) is 42.7 Å². The number of piperidine rings is 1. The molecule has 2 heterocycles. The Hall–Kier alpha value is -3.42. The summed E-state index contributed by atoms with van der Waals surface area (Å²) in [6, 6.07) is 6.09. The number of nitro benzene ring substituents is 1. The summed E-state index contributed by atoms with van der Waals surface area (Å²) in [7, 11) is 0. The Morgan fingerprint density at radius 1 is 1.19 bits per heavy atom. The van der Waals surface area contributed by atoms with Crippen LogP contribution in [0.25, 0.3) is 0 Å². The van der Waals surface area contributed by atoms with E-state index in [0.29, 0.717) is 17.8 Å². The number of rotatable bonds is 8. The third-order valence-electron chi connectivity index (χ3n) is 5.62. The van der Waals surface area contributed by atoms with E-state index in [1.807, 2.05) is 23.3 Å². The Kier molecular flexibility index (Phi) is 6.89. The lowest BCUT2D eigenvalue weighted by atomic mass is 10.1. The summed E-state index contributed by atoms with van der Waals surface area (Å²) < 4.78 is 7.12. The van der Waals surface area contributed by atoms with Crippen LogP contribution in [0.1, 0.15) is 51.4 Å². The second kappa shape index (κ2) is 9.59. The molecule has 1 aliphatic rings. The number of nitro groups is 1. The van der Waals surface area contributed by atoms with Crippen molar-refractivity contribution in [2.75, 3.05) is 24.6 Å². The van der Waals surface area contributed by atoms with E-state index in [0.717, 1.165) is 43.7 Å². The Morgan fingerprint density at radius 3 is 2.55 bits per heavy atom. The number of allylic oxidation sites excluding steroid dienone is 1. The molecule has 2 aromatic rings. The molecule has 3 rings (SSSR count). The first-order chi connectivity index (χ1) is 14.8. The lowest BCUT2D eigenvalue weighted by Crippen LogP contribution is -2.30. The molecule has 0 spiro atoms. The third-order valence-corrected chi connectivity index (χ3v) is 5.62. The molecule has 0 saturated carbocycles. The van der Waals surface area contributed by atoms with Gasteiger partial charge in [-0.1, -0.05) is 6.08 Å². The van der Waals surface area contributed by atoms with E-state index in [2.05, 4.69) is 6.58 Å². The van der Waals surface area contributed by atoms with E-state index in [4.69, 9.17) is 4.74 Å². The zero-order chi connectivity index (χ0) is 22.5. The fraction of sp³-hybridized carbons (Fsp3) is 0.391. The molecular weight excluding hydrogens is 398 g/mol. The topological polar surface area (TPSA) is 94.7 Å². The van der Waals surface area contributed by atoms with Crippen LogP contribution in [0.4, 0.5) is 11.4 Å². The molecule has 8 nitrogen and oxygen atoms in total. The highest BCUT2D eigenvalue weighted by Crippen LogP contribution is 2.31. The van der Waals surface area contributed by atoms with Crippen LogP contribution >= 0.6 is 0 Å². The van der Waals surface area contributed by atoms with Gasteiger partial charge in [-0.05, 0) is 51.3 Å². The lowest BCUT2D eigenvalue weighted by molar-refractivity contribution is -0.384.